The standard InChI is InChI=1S/C22H33N5O.HI/c1-3-23-21(25-18-22(12-15-28-2)10-4-5-11-22)24-17-19-8-6-9-20(16-19)27-14-7-13-26-27;/h6-9,13-14,16H,3-5,10-12,15,17-18H2,1-2H3,(H2,23,24,25);1H. The van der Waals surface area contributed by atoms with E-state index in [-0.39, 0.29) is 24.0 Å². The van der Waals surface area contributed by atoms with Gasteiger partial charge >= 0.3 is 0 Å². The number of methoxy groups -OCH3 is 1. The van der Waals surface area contributed by atoms with Crippen LogP contribution in [-0.4, -0.2) is 42.5 Å². The summed E-state index contributed by atoms with van der Waals surface area (Å²) in [5, 5.41) is 11.3. The van der Waals surface area contributed by atoms with E-state index in [1.54, 1.807) is 13.3 Å². The summed E-state index contributed by atoms with van der Waals surface area (Å²) in [5.41, 5.74) is 2.56. The van der Waals surface area contributed by atoms with Crippen LogP contribution in [0.4, 0.5) is 0 Å². The third kappa shape index (κ3) is 6.99. The topological polar surface area (TPSA) is 63.5 Å². The van der Waals surface area contributed by atoms with Crippen LogP contribution >= 0.6 is 24.0 Å². The average Bonchev–Trinajstić information content (AvgIpc) is 3.42. The summed E-state index contributed by atoms with van der Waals surface area (Å²) in [7, 11) is 1.79. The number of ether oxygens (including phenoxy) is 1. The number of aromatic nitrogens is 2. The minimum atomic E-state index is 0. The second-order valence-electron chi connectivity index (χ2n) is 7.62. The lowest BCUT2D eigenvalue weighted by molar-refractivity contribution is 0.138. The number of nitrogens with zero attached hydrogens (tertiary/aromatic N) is 3. The lowest BCUT2D eigenvalue weighted by Crippen LogP contribution is -2.43. The van der Waals surface area contributed by atoms with E-state index in [1.165, 1.54) is 31.2 Å². The predicted octanol–water partition coefficient (Wildman–Crippen LogP) is 4.14. The molecule has 0 saturated heterocycles. The molecule has 0 spiro atoms. The second kappa shape index (κ2) is 12.2. The van der Waals surface area contributed by atoms with Gasteiger partial charge in [0.25, 0.3) is 0 Å². The molecule has 1 aromatic heterocycles. The predicted molar refractivity (Wildman–Crippen MR) is 129 cm³/mol. The molecule has 1 aliphatic rings. The lowest BCUT2D eigenvalue weighted by atomic mass is 9.83. The smallest absolute Gasteiger partial charge is 0.191 e. The Bertz CT molecular complexity index is 741. The van der Waals surface area contributed by atoms with E-state index in [9.17, 15) is 0 Å². The fourth-order valence-corrected chi connectivity index (χ4v) is 3.96. The highest BCUT2D eigenvalue weighted by molar-refractivity contribution is 14.0. The Morgan fingerprint density at radius 3 is 2.76 bits per heavy atom. The van der Waals surface area contributed by atoms with E-state index < -0.39 is 0 Å². The van der Waals surface area contributed by atoms with E-state index in [0.29, 0.717) is 12.0 Å². The first-order chi connectivity index (χ1) is 13.7. The maximum Gasteiger partial charge on any atom is 0.191 e. The molecular weight excluding hydrogens is 477 g/mol. The Morgan fingerprint density at radius 1 is 1.24 bits per heavy atom. The molecule has 1 heterocycles. The quantitative estimate of drug-likeness (QED) is 0.302. The molecule has 0 unspecified atom stereocenters. The monoisotopic (exact) mass is 511 g/mol. The first-order valence-electron chi connectivity index (χ1n) is 10.3. The highest BCUT2D eigenvalue weighted by Gasteiger charge is 2.33. The van der Waals surface area contributed by atoms with Crippen molar-refractivity contribution in [2.45, 2.75) is 45.6 Å². The van der Waals surface area contributed by atoms with E-state index >= 15 is 0 Å². The summed E-state index contributed by atoms with van der Waals surface area (Å²) in [6, 6.07) is 10.3. The lowest BCUT2D eigenvalue weighted by Gasteiger charge is -2.30. The van der Waals surface area contributed by atoms with Crippen molar-refractivity contribution in [3.05, 3.63) is 48.3 Å². The molecule has 29 heavy (non-hydrogen) atoms. The van der Waals surface area contributed by atoms with Crippen molar-refractivity contribution in [3.8, 4) is 5.69 Å². The van der Waals surface area contributed by atoms with Gasteiger partial charge in [0.15, 0.2) is 5.96 Å². The van der Waals surface area contributed by atoms with Gasteiger partial charge in [0.05, 0.1) is 12.2 Å². The van der Waals surface area contributed by atoms with Gasteiger partial charge in [-0.05, 0) is 55.4 Å². The van der Waals surface area contributed by atoms with Gasteiger partial charge in [-0.1, -0.05) is 25.0 Å². The van der Waals surface area contributed by atoms with Crippen molar-refractivity contribution in [1.82, 2.24) is 20.4 Å². The third-order valence-electron chi connectivity index (χ3n) is 5.58. The Labute approximate surface area is 191 Å². The van der Waals surface area contributed by atoms with Crippen molar-refractivity contribution >= 4 is 29.9 Å². The van der Waals surface area contributed by atoms with Crippen molar-refractivity contribution < 1.29 is 4.74 Å². The molecule has 1 saturated carbocycles. The molecule has 0 bridgehead atoms. The average molecular weight is 511 g/mol. The second-order valence-corrected chi connectivity index (χ2v) is 7.62. The molecule has 2 aromatic rings. The largest absolute Gasteiger partial charge is 0.385 e. The highest BCUT2D eigenvalue weighted by Crippen LogP contribution is 2.40. The van der Waals surface area contributed by atoms with Gasteiger partial charge in [-0.3, -0.25) is 0 Å². The summed E-state index contributed by atoms with van der Waals surface area (Å²) in [6.07, 6.45) is 10.0. The van der Waals surface area contributed by atoms with Gasteiger partial charge < -0.3 is 15.4 Å². The number of rotatable bonds is 9. The van der Waals surface area contributed by atoms with Gasteiger partial charge in [0.1, 0.15) is 0 Å². The normalized spacial score (nSPS) is 15.7. The van der Waals surface area contributed by atoms with Crippen LogP contribution < -0.4 is 10.6 Å². The van der Waals surface area contributed by atoms with Crippen molar-refractivity contribution in [2.24, 2.45) is 10.4 Å². The maximum absolute atomic E-state index is 5.35. The molecule has 7 heteroatoms. The number of aliphatic imine (C=N–C) groups is 1. The van der Waals surface area contributed by atoms with Crippen LogP contribution in [0.2, 0.25) is 0 Å². The summed E-state index contributed by atoms with van der Waals surface area (Å²) in [5.74, 6) is 0.885. The Hall–Kier alpha value is -1.61. The van der Waals surface area contributed by atoms with Gasteiger partial charge in [0.2, 0.25) is 0 Å². The number of halogens is 1. The first-order valence-corrected chi connectivity index (χ1v) is 10.3. The molecule has 2 N–H and O–H groups in total. The summed E-state index contributed by atoms with van der Waals surface area (Å²) in [4.78, 5) is 4.81. The number of benzene rings is 1. The van der Waals surface area contributed by atoms with Gasteiger partial charge in [-0.15, -0.1) is 24.0 Å². The van der Waals surface area contributed by atoms with Crippen molar-refractivity contribution in [3.63, 3.8) is 0 Å². The number of guanidine groups is 1. The van der Waals surface area contributed by atoms with E-state index in [4.69, 9.17) is 9.73 Å². The highest BCUT2D eigenvalue weighted by atomic mass is 127. The fourth-order valence-electron chi connectivity index (χ4n) is 3.96. The number of nitrogens with one attached hydrogen (secondary N) is 2. The van der Waals surface area contributed by atoms with Crippen LogP contribution in [0.1, 0.15) is 44.6 Å². The summed E-state index contributed by atoms with van der Waals surface area (Å²) >= 11 is 0. The van der Waals surface area contributed by atoms with Crippen LogP contribution in [0.5, 0.6) is 0 Å². The minimum absolute atomic E-state index is 0. The molecule has 0 radical (unpaired) electrons. The summed E-state index contributed by atoms with van der Waals surface area (Å²) in [6.45, 7) is 5.37. The zero-order chi connectivity index (χ0) is 19.7. The number of hydrogen-bond acceptors (Lipinski definition) is 3. The van der Waals surface area contributed by atoms with E-state index in [0.717, 1.165) is 37.8 Å². The molecule has 6 nitrogen and oxygen atoms in total. The van der Waals surface area contributed by atoms with Crippen LogP contribution in [0.15, 0.2) is 47.7 Å². The molecule has 0 aliphatic heterocycles. The molecule has 0 amide bonds. The molecule has 0 atom stereocenters. The van der Waals surface area contributed by atoms with E-state index in [1.807, 2.05) is 16.9 Å². The SMILES string of the molecule is CCNC(=NCc1cccc(-n2cccn2)c1)NCC1(CCOC)CCCC1.I. The molecule has 1 aromatic carbocycles. The first kappa shape index (κ1) is 23.7. The maximum atomic E-state index is 5.35. The molecule has 1 aliphatic carbocycles. The molecular formula is C22H34IN5O. The zero-order valence-electron chi connectivity index (χ0n) is 17.6. The fraction of sp³-hybridized carbons (Fsp3) is 0.545. The Kier molecular flexibility index (Phi) is 9.93. The van der Waals surface area contributed by atoms with Crippen LogP contribution in [0, 0.1) is 5.41 Å². The molecule has 160 valence electrons. The van der Waals surface area contributed by atoms with E-state index in [2.05, 4.69) is 46.9 Å². The van der Waals surface area contributed by atoms with Crippen LogP contribution in [-0.2, 0) is 11.3 Å². The number of hydrogen-bond donors (Lipinski definition) is 2. The zero-order valence-corrected chi connectivity index (χ0v) is 19.9. The summed E-state index contributed by atoms with van der Waals surface area (Å²) < 4.78 is 7.22. The molecule has 3 rings (SSSR count). The van der Waals surface area contributed by atoms with Gasteiger partial charge in [-0.25, -0.2) is 9.67 Å². The Morgan fingerprint density at radius 2 is 2.07 bits per heavy atom. The third-order valence-corrected chi connectivity index (χ3v) is 5.58. The van der Waals surface area contributed by atoms with Gasteiger partial charge in [-0.2, -0.15) is 5.10 Å². The van der Waals surface area contributed by atoms with Crippen molar-refractivity contribution in [2.75, 3.05) is 26.8 Å². The molecule has 1 fully saturated rings. The minimum Gasteiger partial charge on any atom is -0.385 e. The van der Waals surface area contributed by atoms with Crippen LogP contribution in [0.3, 0.4) is 0 Å². The van der Waals surface area contributed by atoms with Crippen molar-refractivity contribution in [1.29, 1.82) is 0 Å². The van der Waals surface area contributed by atoms with Crippen LogP contribution in [0.25, 0.3) is 5.69 Å². The Balaban J connectivity index is 0.00000300. The van der Waals surface area contributed by atoms with Gasteiger partial charge in [0, 0.05) is 39.2 Å².